The third-order valence-corrected chi connectivity index (χ3v) is 4.24. The molecule has 2 aromatic rings. The molecule has 2 rings (SSSR count). The van der Waals surface area contributed by atoms with Crippen LogP contribution in [0.2, 0.25) is 5.02 Å². The number of benzene rings is 1. The van der Waals surface area contributed by atoms with Crippen LogP contribution in [0.5, 0.6) is 5.75 Å². The molecular formula is C12H13ClN4O3S. The van der Waals surface area contributed by atoms with Crippen molar-refractivity contribution in [3.63, 3.8) is 0 Å². The van der Waals surface area contributed by atoms with Gasteiger partial charge >= 0.3 is 0 Å². The first-order chi connectivity index (χ1) is 9.97. The Hall–Kier alpha value is -2.03. The highest BCUT2D eigenvalue weighted by Gasteiger charge is 2.18. The summed E-state index contributed by atoms with van der Waals surface area (Å²) < 4.78 is 32.1. The molecule has 0 atom stereocenters. The van der Waals surface area contributed by atoms with E-state index >= 15 is 0 Å². The second-order valence-electron chi connectivity index (χ2n) is 3.95. The lowest BCUT2D eigenvalue weighted by atomic mass is 10.3. The molecule has 4 N–H and O–H groups in total. The molecule has 7 nitrogen and oxygen atoms in total. The van der Waals surface area contributed by atoms with Crippen molar-refractivity contribution in [1.29, 1.82) is 0 Å². The molecule has 0 saturated heterocycles. The largest absolute Gasteiger partial charge is 0.495 e. The summed E-state index contributed by atoms with van der Waals surface area (Å²) >= 11 is 5.88. The number of hydrogen-bond donors (Lipinski definition) is 3. The first-order valence-corrected chi connectivity index (χ1v) is 7.62. The van der Waals surface area contributed by atoms with Crippen molar-refractivity contribution in [3.8, 4) is 5.75 Å². The maximum Gasteiger partial charge on any atom is 0.263 e. The van der Waals surface area contributed by atoms with Crippen LogP contribution in [0.25, 0.3) is 0 Å². The second-order valence-corrected chi connectivity index (χ2v) is 6.04. The zero-order chi connectivity index (χ0) is 15.5. The molecule has 21 heavy (non-hydrogen) atoms. The van der Waals surface area contributed by atoms with Gasteiger partial charge in [-0.05, 0) is 18.2 Å². The number of anilines is 2. The highest BCUT2D eigenvalue weighted by Crippen LogP contribution is 2.27. The van der Waals surface area contributed by atoms with Crippen LogP contribution >= 0.6 is 11.6 Å². The summed E-state index contributed by atoms with van der Waals surface area (Å²) in [6.07, 6.45) is 1.15. The molecule has 0 unspecified atom stereocenters. The van der Waals surface area contributed by atoms with Gasteiger partial charge in [-0.15, -0.1) is 0 Å². The van der Waals surface area contributed by atoms with Gasteiger partial charge in [-0.25, -0.2) is 19.2 Å². The molecule has 0 bridgehead atoms. The van der Waals surface area contributed by atoms with Crippen molar-refractivity contribution in [1.82, 2.24) is 4.98 Å². The summed E-state index contributed by atoms with van der Waals surface area (Å²) in [6, 6.07) is 7.90. The number of aromatic nitrogens is 1. The van der Waals surface area contributed by atoms with E-state index in [9.17, 15) is 8.42 Å². The molecule has 0 aliphatic heterocycles. The Bertz CT molecular complexity index is 752. The lowest BCUT2D eigenvalue weighted by Crippen LogP contribution is -2.15. The van der Waals surface area contributed by atoms with E-state index in [1.807, 2.05) is 0 Å². The van der Waals surface area contributed by atoms with Crippen molar-refractivity contribution < 1.29 is 13.2 Å². The highest BCUT2D eigenvalue weighted by molar-refractivity contribution is 7.92. The van der Waals surface area contributed by atoms with Crippen LogP contribution in [0.15, 0.2) is 41.4 Å². The fraction of sp³-hybridized carbons (Fsp3) is 0.0833. The number of nitrogens with one attached hydrogen (secondary N) is 2. The maximum atomic E-state index is 12.3. The van der Waals surface area contributed by atoms with Gasteiger partial charge in [0.25, 0.3) is 10.0 Å². The number of nitrogen functional groups attached to an aromatic ring is 1. The molecule has 0 aliphatic rings. The van der Waals surface area contributed by atoms with Gasteiger partial charge in [0, 0.05) is 6.20 Å². The second kappa shape index (κ2) is 6.17. The minimum Gasteiger partial charge on any atom is -0.495 e. The van der Waals surface area contributed by atoms with E-state index in [4.69, 9.17) is 22.2 Å². The minimum atomic E-state index is -3.84. The van der Waals surface area contributed by atoms with Crippen LogP contribution in [0, 0.1) is 0 Å². The van der Waals surface area contributed by atoms with Gasteiger partial charge in [-0.2, -0.15) is 0 Å². The van der Waals surface area contributed by atoms with Gasteiger partial charge in [0.15, 0.2) is 5.82 Å². The van der Waals surface area contributed by atoms with E-state index in [0.717, 1.165) is 6.20 Å². The third-order valence-electron chi connectivity index (χ3n) is 2.61. The lowest BCUT2D eigenvalue weighted by Gasteiger charge is -2.12. The summed E-state index contributed by atoms with van der Waals surface area (Å²) in [5.41, 5.74) is 2.58. The molecule has 0 fully saturated rings. The molecule has 0 radical (unpaired) electrons. The van der Waals surface area contributed by atoms with E-state index in [1.165, 1.54) is 13.2 Å². The van der Waals surface area contributed by atoms with Gasteiger partial charge in [0.2, 0.25) is 0 Å². The normalized spacial score (nSPS) is 11.0. The van der Waals surface area contributed by atoms with Crippen molar-refractivity contribution in [2.24, 2.45) is 5.84 Å². The molecular weight excluding hydrogens is 316 g/mol. The van der Waals surface area contributed by atoms with Crippen molar-refractivity contribution in [2.45, 2.75) is 4.90 Å². The fourth-order valence-electron chi connectivity index (χ4n) is 1.61. The van der Waals surface area contributed by atoms with Crippen LogP contribution in [0.1, 0.15) is 0 Å². The molecule has 0 amide bonds. The Balaban J connectivity index is 2.36. The average Bonchev–Trinajstić information content (AvgIpc) is 2.47. The Morgan fingerprint density at radius 1 is 1.33 bits per heavy atom. The summed E-state index contributed by atoms with van der Waals surface area (Å²) in [5, 5.41) is 0.0976. The monoisotopic (exact) mass is 328 g/mol. The van der Waals surface area contributed by atoms with Gasteiger partial charge < -0.3 is 10.2 Å². The van der Waals surface area contributed by atoms with Crippen LogP contribution in [-0.2, 0) is 10.0 Å². The number of hydrazine groups is 1. The SMILES string of the molecule is COc1ccccc1NS(=O)(=O)c1cnc(NN)c(Cl)c1. The number of rotatable bonds is 5. The molecule has 9 heteroatoms. The zero-order valence-electron chi connectivity index (χ0n) is 11.0. The number of hydrogen-bond acceptors (Lipinski definition) is 6. The molecule has 0 spiro atoms. The number of nitrogens with two attached hydrogens (primary N) is 1. The minimum absolute atomic E-state index is 0.0857. The average molecular weight is 329 g/mol. The standard InChI is InChI=1S/C12H13ClN4O3S/c1-20-11-5-3-2-4-10(11)17-21(18,19)8-6-9(13)12(16-14)15-7-8/h2-7,17H,14H2,1H3,(H,15,16). The van der Waals surface area contributed by atoms with Crippen molar-refractivity contribution in [3.05, 3.63) is 41.6 Å². The molecule has 112 valence electrons. The van der Waals surface area contributed by atoms with Gasteiger partial charge in [-0.1, -0.05) is 23.7 Å². The van der Waals surface area contributed by atoms with E-state index < -0.39 is 10.0 Å². The van der Waals surface area contributed by atoms with E-state index in [0.29, 0.717) is 11.4 Å². The molecule has 0 saturated carbocycles. The number of methoxy groups -OCH3 is 1. The van der Waals surface area contributed by atoms with E-state index in [2.05, 4.69) is 15.1 Å². The molecule has 0 aliphatic carbocycles. The number of halogens is 1. The van der Waals surface area contributed by atoms with E-state index in [1.54, 1.807) is 24.3 Å². The van der Waals surface area contributed by atoms with Crippen LogP contribution < -0.4 is 20.7 Å². The topological polar surface area (TPSA) is 106 Å². The predicted octanol–water partition coefficient (Wildman–Crippen LogP) is 1.83. The van der Waals surface area contributed by atoms with Crippen molar-refractivity contribution >= 4 is 33.1 Å². The Morgan fingerprint density at radius 3 is 2.67 bits per heavy atom. The first kappa shape index (κ1) is 15.4. The molecule has 1 heterocycles. The number of ether oxygens (including phenoxy) is 1. The van der Waals surface area contributed by atoms with Crippen molar-refractivity contribution in [2.75, 3.05) is 17.3 Å². The van der Waals surface area contributed by atoms with Crippen LogP contribution in [0.4, 0.5) is 11.5 Å². The smallest absolute Gasteiger partial charge is 0.263 e. The third kappa shape index (κ3) is 3.35. The highest BCUT2D eigenvalue weighted by atomic mass is 35.5. The van der Waals surface area contributed by atoms with Gasteiger partial charge in [0.05, 0.1) is 17.8 Å². The summed E-state index contributed by atoms with van der Waals surface area (Å²) in [5.74, 6) is 5.78. The fourth-order valence-corrected chi connectivity index (χ4v) is 2.93. The van der Waals surface area contributed by atoms with E-state index in [-0.39, 0.29) is 15.7 Å². The van der Waals surface area contributed by atoms with Gasteiger partial charge in [0.1, 0.15) is 10.6 Å². The zero-order valence-corrected chi connectivity index (χ0v) is 12.6. The Labute approximate surface area is 127 Å². The number of nitrogens with zero attached hydrogens (tertiary/aromatic N) is 1. The quantitative estimate of drug-likeness (QED) is 0.571. The van der Waals surface area contributed by atoms with Gasteiger partial charge in [-0.3, -0.25) is 4.72 Å². The summed E-state index contributed by atoms with van der Waals surface area (Å²) in [4.78, 5) is 3.74. The Morgan fingerprint density at radius 2 is 2.05 bits per heavy atom. The lowest BCUT2D eigenvalue weighted by molar-refractivity contribution is 0.417. The molecule has 1 aromatic heterocycles. The number of para-hydroxylation sites is 2. The summed E-state index contributed by atoms with van der Waals surface area (Å²) in [7, 11) is -2.39. The van der Waals surface area contributed by atoms with Crippen LogP contribution in [0.3, 0.4) is 0 Å². The Kier molecular flexibility index (Phi) is 4.51. The maximum absolute atomic E-state index is 12.3. The first-order valence-electron chi connectivity index (χ1n) is 5.76. The number of pyridine rings is 1. The number of sulfonamides is 1. The molecule has 1 aromatic carbocycles. The van der Waals surface area contributed by atoms with Crippen LogP contribution in [-0.4, -0.2) is 20.5 Å². The predicted molar refractivity (Wildman–Crippen MR) is 80.9 cm³/mol. The summed E-state index contributed by atoms with van der Waals surface area (Å²) in [6.45, 7) is 0.